The summed E-state index contributed by atoms with van der Waals surface area (Å²) in [6.07, 6.45) is 6.44. The van der Waals surface area contributed by atoms with Gasteiger partial charge in [-0.1, -0.05) is 24.1 Å². The number of nitrogens with one attached hydrogen (secondary N) is 1. The molecule has 1 amide bonds. The number of aromatic nitrogens is 2. The number of likely N-dealkylation sites (tertiary alicyclic amines) is 1. The van der Waals surface area contributed by atoms with E-state index >= 15 is 0 Å². The molecule has 0 unspecified atom stereocenters. The summed E-state index contributed by atoms with van der Waals surface area (Å²) in [6, 6.07) is 12.3. The fraction of sp³-hybridized carbons (Fsp3) is 0.440. The molecule has 1 fully saturated rings. The Morgan fingerprint density at radius 1 is 1.23 bits per heavy atom. The molecule has 1 saturated heterocycles. The highest BCUT2D eigenvalue weighted by Gasteiger charge is 2.20. The summed E-state index contributed by atoms with van der Waals surface area (Å²) in [4.78, 5) is 15.6. The monoisotopic (exact) mass is 420 g/mol. The van der Waals surface area contributed by atoms with Gasteiger partial charge in [-0.3, -0.25) is 4.79 Å². The quantitative estimate of drug-likeness (QED) is 0.561. The number of piperidine rings is 1. The van der Waals surface area contributed by atoms with Crippen LogP contribution in [0, 0.1) is 13.8 Å². The van der Waals surface area contributed by atoms with E-state index in [1.807, 2.05) is 31.2 Å². The van der Waals surface area contributed by atoms with Crippen LogP contribution in [0.25, 0.3) is 17.1 Å². The van der Waals surface area contributed by atoms with Gasteiger partial charge in [-0.15, -0.1) is 0 Å². The normalized spacial score (nSPS) is 17.1. The minimum Gasteiger partial charge on any atom is -0.463 e. The van der Waals surface area contributed by atoms with Crippen LogP contribution in [-0.2, 0) is 0 Å². The Morgan fingerprint density at radius 2 is 2.10 bits per heavy atom. The predicted molar refractivity (Wildman–Crippen MR) is 123 cm³/mol. The molecule has 6 heteroatoms. The molecule has 0 spiro atoms. The number of carbonyl (C=O) groups is 1. The molecule has 3 heterocycles. The average Bonchev–Trinajstić information content (AvgIpc) is 3.42. The number of amides is 1. The number of hydrogen-bond donors (Lipinski definition) is 1. The first-order valence-electron chi connectivity index (χ1n) is 11.3. The van der Waals surface area contributed by atoms with E-state index in [-0.39, 0.29) is 5.91 Å². The van der Waals surface area contributed by atoms with Gasteiger partial charge in [0.15, 0.2) is 5.76 Å². The first-order chi connectivity index (χ1) is 15.0. The Morgan fingerprint density at radius 3 is 2.84 bits per heavy atom. The lowest BCUT2D eigenvalue weighted by Gasteiger charge is -2.33. The Hall–Kier alpha value is -2.86. The van der Waals surface area contributed by atoms with Crippen molar-refractivity contribution in [2.24, 2.45) is 0 Å². The summed E-state index contributed by atoms with van der Waals surface area (Å²) in [6.45, 7) is 9.24. The lowest BCUT2D eigenvalue weighted by Crippen LogP contribution is -2.39. The number of rotatable bonds is 7. The smallest absolute Gasteiger partial charge is 0.270 e. The maximum atomic E-state index is 13.1. The number of hydrogen-bond acceptors (Lipinski definition) is 4. The topological polar surface area (TPSA) is 63.3 Å². The lowest BCUT2D eigenvalue weighted by atomic mass is 10.0. The van der Waals surface area contributed by atoms with Crippen molar-refractivity contribution in [2.75, 3.05) is 19.6 Å². The van der Waals surface area contributed by atoms with E-state index in [9.17, 15) is 4.79 Å². The molecule has 3 aromatic rings. The molecule has 1 N–H and O–H groups in total. The molecule has 6 nitrogen and oxygen atoms in total. The predicted octanol–water partition coefficient (Wildman–Crippen LogP) is 4.74. The van der Waals surface area contributed by atoms with E-state index in [4.69, 9.17) is 9.52 Å². The fourth-order valence-electron chi connectivity index (χ4n) is 4.38. The van der Waals surface area contributed by atoms with Gasteiger partial charge in [-0.2, -0.15) is 5.10 Å². The van der Waals surface area contributed by atoms with Crippen molar-refractivity contribution in [3.8, 4) is 17.1 Å². The van der Waals surface area contributed by atoms with Crippen LogP contribution >= 0.6 is 0 Å². The van der Waals surface area contributed by atoms with Crippen molar-refractivity contribution in [1.29, 1.82) is 0 Å². The van der Waals surface area contributed by atoms with Crippen LogP contribution < -0.4 is 5.32 Å². The Bertz CT molecular complexity index is 1020. The molecular weight excluding hydrogens is 388 g/mol. The minimum atomic E-state index is -0.114. The molecule has 1 aromatic carbocycles. The SMILES string of the molecule is Cc1ccc(-n2nc(-c3ccco3)cc2C(=O)NCCCN2CCCC[C@@H]2C)c(C)c1. The van der Waals surface area contributed by atoms with Crippen LogP contribution in [0.1, 0.15) is 54.2 Å². The van der Waals surface area contributed by atoms with E-state index in [1.165, 1.54) is 31.4 Å². The first kappa shape index (κ1) is 21.4. The van der Waals surface area contributed by atoms with Gasteiger partial charge in [0.25, 0.3) is 5.91 Å². The first-order valence-corrected chi connectivity index (χ1v) is 11.3. The van der Waals surface area contributed by atoms with Gasteiger partial charge in [0.2, 0.25) is 0 Å². The van der Waals surface area contributed by atoms with Gasteiger partial charge in [0.1, 0.15) is 11.4 Å². The van der Waals surface area contributed by atoms with Crippen LogP contribution in [0.4, 0.5) is 0 Å². The summed E-state index contributed by atoms with van der Waals surface area (Å²) in [5.41, 5.74) is 4.32. The standard InChI is InChI=1S/C25H32N4O2/c1-18-10-11-22(19(2)16-18)29-23(17-21(27-29)24-9-6-15-31-24)25(30)26-12-7-14-28-13-5-4-8-20(28)3/h6,9-11,15-17,20H,4-5,7-8,12-14H2,1-3H3,(H,26,30)/t20-/m0/s1. The number of aryl methyl sites for hydroxylation is 2. The molecule has 0 radical (unpaired) electrons. The molecule has 31 heavy (non-hydrogen) atoms. The van der Waals surface area contributed by atoms with E-state index in [0.29, 0.717) is 29.7 Å². The van der Waals surface area contributed by atoms with Gasteiger partial charge in [-0.25, -0.2) is 4.68 Å². The molecule has 2 aromatic heterocycles. The van der Waals surface area contributed by atoms with Gasteiger partial charge < -0.3 is 14.6 Å². The molecule has 0 aliphatic carbocycles. The van der Waals surface area contributed by atoms with Crippen LogP contribution in [0.3, 0.4) is 0 Å². The van der Waals surface area contributed by atoms with Crippen molar-refractivity contribution in [2.45, 2.75) is 52.5 Å². The van der Waals surface area contributed by atoms with E-state index in [0.717, 1.165) is 24.2 Å². The molecule has 1 atom stereocenters. The highest BCUT2D eigenvalue weighted by atomic mass is 16.3. The molecule has 164 valence electrons. The number of benzene rings is 1. The average molecular weight is 421 g/mol. The van der Waals surface area contributed by atoms with Gasteiger partial charge in [0, 0.05) is 25.2 Å². The third kappa shape index (κ3) is 4.90. The number of carbonyl (C=O) groups excluding carboxylic acids is 1. The Balaban J connectivity index is 1.50. The molecule has 0 bridgehead atoms. The second-order valence-corrected chi connectivity index (χ2v) is 8.58. The van der Waals surface area contributed by atoms with Crippen molar-refractivity contribution >= 4 is 5.91 Å². The maximum absolute atomic E-state index is 13.1. The molecule has 1 aliphatic heterocycles. The third-order valence-corrected chi connectivity index (χ3v) is 6.14. The fourth-order valence-corrected chi connectivity index (χ4v) is 4.38. The van der Waals surface area contributed by atoms with Crippen molar-refractivity contribution in [3.05, 3.63) is 59.5 Å². The second kappa shape index (κ2) is 9.52. The van der Waals surface area contributed by atoms with Crippen molar-refractivity contribution < 1.29 is 9.21 Å². The summed E-state index contributed by atoms with van der Waals surface area (Å²) >= 11 is 0. The Labute approximate surface area is 184 Å². The van der Waals surface area contributed by atoms with Gasteiger partial charge >= 0.3 is 0 Å². The van der Waals surface area contributed by atoms with E-state index in [1.54, 1.807) is 17.0 Å². The highest BCUT2D eigenvalue weighted by Crippen LogP contribution is 2.24. The minimum absolute atomic E-state index is 0.114. The molecular formula is C25H32N4O2. The van der Waals surface area contributed by atoms with E-state index < -0.39 is 0 Å². The zero-order valence-corrected chi connectivity index (χ0v) is 18.7. The third-order valence-electron chi connectivity index (χ3n) is 6.14. The molecule has 0 saturated carbocycles. The summed E-state index contributed by atoms with van der Waals surface area (Å²) in [5.74, 6) is 0.536. The molecule has 4 rings (SSSR count). The highest BCUT2D eigenvalue weighted by molar-refractivity contribution is 5.94. The molecule has 1 aliphatic rings. The number of nitrogens with zero attached hydrogens (tertiary/aromatic N) is 3. The second-order valence-electron chi connectivity index (χ2n) is 8.58. The van der Waals surface area contributed by atoms with Crippen molar-refractivity contribution in [1.82, 2.24) is 20.0 Å². The van der Waals surface area contributed by atoms with Crippen molar-refractivity contribution in [3.63, 3.8) is 0 Å². The number of furan rings is 1. The van der Waals surface area contributed by atoms with Crippen LogP contribution in [-0.4, -0.2) is 46.3 Å². The van der Waals surface area contributed by atoms with Crippen LogP contribution in [0.5, 0.6) is 0 Å². The largest absolute Gasteiger partial charge is 0.463 e. The van der Waals surface area contributed by atoms with Gasteiger partial charge in [0.05, 0.1) is 12.0 Å². The maximum Gasteiger partial charge on any atom is 0.270 e. The summed E-state index contributed by atoms with van der Waals surface area (Å²) in [5, 5.41) is 7.80. The zero-order valence-electron chi connectivity index (χ0n) is 18.7. The summed E-state index contributed by atoms with van der Waals surface area (Å²) < 4.78 is 7.25. The lowest BCUT2D eigenvalue weighted by molar-refractivity contribution is 0.0941. The zero-order chi connectivity index (χ0) is 21.8. The Kier molecular flexibility index (Phi) is 6.56. The summed E-state index contributed by atoms with van der Waals surface area (Å²) in [7, 11) is 0. The van der Waals surface area contributed by atoms with Crippen LogP contribution in [0.15, 0.2) is 47.1 Å². The van der Waals surface area contributed by atoms with Crippen LogP contribution in [0.2, 0.25) is 0 Å². The van der Waals surface area contributed by atoms with E-state index in [2.05, 4.69) is 30.1 Å². The van der Waals surface area contributed by atoms with Gasteiger partial charge in [-0.05, 0) is 70.3 Å².